The molecular formula is C12H9BrN4O3. The van der Waals surface area contributed by atoms with Crippen LogP contribution in [0.4, 0.5) is 5.69 Å². The van der Waals surface area contributed by atoms with Gasteiger partial charge in [0.2, 0.25) is 5.89 Å². The molecule has 0 unspecified atom stereocenters. The first-order chi connectivity index (χ1) is 9.52. The lowest BCUT2D eigenvalue weighted by atomic mass is 10.3. The van der Waals surface area contributed by atoms with Crippen molar-refractivity contribution in [2.45, 2.75) is 6.54 Å². The van der Waals surface area contributed by atoms with E-state index in [-0.39, 0.29) is 11.0 Å². The summed E-state index contributed by atoms with van der Waals surface area (Å²) >= 11 is 3.07. The monoisotopic (exact) mass is 336 g/mol. The minimum absolute atomic E-state index is 0.114. The number of nitrogens with two attached hydrogens (primary N) is 1. The van der Waals surface area contributed by atoms with Gasteiger partial charge in [-0.2, -0.15) is 0 Å². The van der Waals surface area contributed by atoms with Gasteiger partial charge in [-0.25, -0.2) is 9.78 Å². The number of aromatic amines is 1. The van der Waals surface area contributed by atoms with Crippen LogP contribution in [0.2, 0.25) is 0 Å². The average Bonchev–Trinajstić information content (AvgIpc) is 2.77. The van der Waals surface area contributed by atoms with E-state index >= 15 is 0 Å². The van der Waals surface area contributed by atoms with Crippen molar-refractivity contribution in [3.05, 3.63) is 55.6 Å². The molecule has 0 aliphatic carbocycles. The summed E-state index contributed by atoms with van der Waals surface area (Å²) in [4.78, 5) is 29.4. The zero-order valence-corrected chi connectivity index (χ0v) is 11.7. The van der Waals surface area contributed by atoms with Crippen LogP contribution in [-0.4, -0.2) is 14.5 Å². The van der Waals surface area contributed by atoms with Gasteiger partial charge < -0.3 is 10.2 Å². The molecule has 0 amide bonds. The topological polar surface area (TPSA) is 107 Å². The fraction of sp³-hybridized carbons (Fsp3) is 0.0833. The van der Waals surface area contributed by atoms with E-state index in [1.807, 2.05) is 0 Å². The van der Waals surface area contributed by atoms with Gasteiger partial charge in [0.05, 0.1) is 4.47 Å². The molecule has 0 aliphatic heterocycles. The highest BCUT2D eigenvalue weighted by Crippen LogP contribution is 2.18. The van der Waals surface area contributed by atoms with Crippen LogP contribution in [0.3, 0.4) is 0 Å². The SMILES string of the molecule is Nc1ccc2oc(Cn3cc(Br)c(=O)[nH]c3=O)nc2c1. The Morgan fingerprint density at radius 2 is 2.20 bits per heavy atom. The number of nitrogens with one attached hydrogen (secondary N) is 1. The molecule has 102 valence electrons. The minimum atomic E-state index is -0.528. The number of H-pyrrole nitrogens is 1. The number of aromatic nitrogens is 3. The average molecular weight is 337 g/mol. The van der Waals surface area contributed by atoms with E-state index in [2.05, 4.69) is 25.9 Å². The third kappa shape index (κ3) is 2.25. The molecule has 0 aliphatic rings. The summed E-state index contributed by atoms with van der Waals surface area (Å²) in [5, 5.41) is 0. The molecule has 0 fully saturated rings. The molecule has 0 saturated heterocycles. The van der Waals surface area contributed by atoms with Crippen molar-refractivity contribution in [2.24, 2.45) is 0 Å². The molecule has 0 radical (unpaired) electrons. The Bertz CT molecular complexity index is 909. The van der Waals surface area contributed by atoms with Crippen molar-refractivity contribution in [3.63, 3.8) is 0 Å². The number of halogens is 1. The van der Waals surface area contributed by atoms with Gasteiger partial charge in [-0.1, -0.05) is 0 Å². The summed E-state index contributed by atoms with van der Waals surface area (Å²) in [6, 6.07) is 5.11. The van der Waals surface area contributed by atoms with Crippen molar-refractivity contribution >= 4 is 32.7 Å². The number of anilines is 1. The normalized spacial score (nSPS) is 11.1. The maximum Gasteiger partial charge on any atom is 0.328 e. The fourth-order valence-corrected chi connectivity index (χ4v) is 2.15. The van der Waals surface area contributed by atoms with Gasteiger partial charge in [-0.3, -0.25) is 14.3 Å². The second-order valence-electron chi connectivity index (χ2n) is 4.20. The summed E-state index contributed by atoms with van der Waals surface area (Å²) < 4.78 is 7.07. The molecule has 0 spiro atoms. The van der Waals surface area contributed by atoms with Crippen LogP contribution in [0.15, 0.2) is 42.9 Å². The molecule has 3 N–H and O–H groups in total. The van der Waals surface area contributed by atoms with Gasteiger partial charge >= 0.3 is 5.69 Å². The highest BCUT2D eigenvalue weighted by atomic mass is 79.9. The lowest BCUT2D eigenvalue weighted by molar-refractivity contribution is 0.500. The Morgan fingerprint density at radius 3 is 3.00 bits per heavy atom. The molecule has 3 rings (SSSR count). The van der Waals surface area contributed by atoms with E-state index in [4.69, 9.17) is 10.2 Å². The van der Waals surface area contributed by atoms with E-state index in [9.17, 15) is 9.59 Å². The second-order valence-corrected chi connectivity index (χ2v) is 5.05. The third-order valence-corrected chi connectivity index (χ3v) is 3.29. The molecule has 3 aromatic rings. The molecule has 2 aromatic heterocycles. The van der Waals surface area contributed by atoms with Crippen molar-refractivity contribution < 1.29 is 4.42 Å². The van der Waals surface area contributed by atoms with E-state index in [1.54, 1.807) is 18.2 Å². The van der Waals surface area contributed by atoms with Gasteiger partial charge in [0.15, 0.2) is 5.58 Å². The number of oxazole rings is 1. The molecule has 0 atom stereocenters. The van der Waals surface area contributed by atoms with Crippen molar-refractivity contribution in [1.29, 1.82) is 0 Å². The summed E-state index contributed by atoms with van der Waals surface area (Å²) in [7, 11) is 0. The predicted molar refractivity (Wildman–Crippen MR) is 76.5 cm³/mol. The van der Waals surface area contributed by atoms with E-state index in [0.29, 0.717) is 22.7 Å². The van der Waals surface area contributed by atoms with Gasteiger partial charge in [-0.15, -0.1) is 0 Å². The zero-order valence-electron chi connectivity index (χ0n) is 10.1. The quantitative estimate of drug-likeness (QED) is 0.680. The number of fused-ring (bicyclic) bond motifs is 1. The van der Waals surface area contributed by atoms with Crippen molar-refractivity contribution in [1.82, 2.24) is 14.5 Å². The number of benzene rings is 1. The Kier molecular flexibility index (Phi) is 2.94. The largest absolute Gasteiger partial charge is 0.439 e. The molecular weight excluding hydrogens is 328 g/mol. The van der Waals surface area contributed by atoms with Gasteiger partial charge in [0.25, 0.3) is 5.56 Å². The number of hydrogen-bond acceptors (Lipinski definition) is 5. The van der Waals surface area contributed by atoms with Crippen molar-refractivity contribution in [2.75, 3.05) is 5.73 Å². The Hall–Kier alpha value is -2.35. The number of rotatable bonds is 2. The van der Waals surface area contributed by atoms with Gasteiger partial charge in [-0.05, 0) is 34.1 Å². The smallest absolute Gasteiger partial charge is 0.328 e. The first-order valence-corrected chi connectivity index (χ1v) is 6.46. The summed E-state index contributed by atoms with van der Waals surface area (Å²) in [5.74, 6) is 0.353. The molecule has 8 heteroatoms. The maximum atomic E-state index is 11.7. The molecule has 20 heavy (non-hydrogen) atoms. The minimum Gasteiger partial charge on any atom is -0.439 e. The standard InChI is InChI=1S/C12H9BrN4O3/c13-7-4-17(12(19)16-11(7)18)5-10-15-8-3-6(14)1-2-9(8)20-10/h1-4H,5,14H2,(H,16,18,19). The molecule has 7 nitrogen and oxygen atoms in total. The highest BCUT2D eigenvalue weighted by molar-refractivity contribution is 9.10. The number of nitrogens with zero attached hydrogens (tertiary/aromatic N) is 2. The molecule has 1 aromatic carbocycles. The first-order valence-electron chi connectivity index (χ1n) is 5.67. The summed E-state index contributed by atoms with van der Waals surface area (Å²) in [6.45, 7) is 0.114. The van der Waals surface area contributed by atoms with Gasteiger partial charge in [0.1, 0.15) is 12.1 Å². The van der Waals surface area contributed by atoms with Crippen LogP contribution in [0.25, 0.3) is 11.1 Å². The van der Waals surface area contributed by atoms with Crippen molar-refractivity contribution in [3.8, 4) is 0 Å². The predicted octanol–water partition coefficient (Wildman–Crippen LogP) is 1.07. The Labute approximate surface area is 120 Å². The van der Waals surface area contributed by atoms with Gasteiger partial charge in [0, 0.05) is 11.9 Å². The Morgan fingerprint density at radius 1 is 1.40 bits per heavy atom. The second kappa shape index (κ2) is 4.64. The fourth-order valence-electron chi connectivity index (χ4n) is 1.81. The van der Waals surface area contributed by atoms with Crippen LogP contribution < -0.4 is 17.0 Å². The van der Waals surface area contributed by atoms with Crippen LogP contribution >= 0.6 is 15.9 Å². The third-order valence-electron chi connectivity index (χ3n) is 2.73. The maximum absolute atomic E-state index is 11.7. The van der Waals surface area contributed by atoms with Crippen LogP contribution in [0, 0.1) is 0 Å². The molecule has 0 bridgehead atoms. The lowest BCUT2D eigenvalue weighted by Gasteiger charge is -2.01. The van der Waals surface area contributed by atoms with E-state index in [0.717, 1.165) is 0 Å². The van der Waals surface area contributed by atoms with E-state index < -0.39 is 11.2 Å². The summed E-state index contributed by atoms with van der Waals surface area (Å²) in [5.41, 5.74) is 6.46. The highest BCUT2D eigenvalue weighted by Gasteiger charge is 2.09. The molecule has 0 saturated carbocycles. The van der Waals surface area contributed by atoms with Crippen LogP contribution in [-0.2, 0) is 6.54 Å². The number of nitrogen functional groups attached to an aromatic ring is 1. The molecule has 2 heterocycles. The van der Waals surface area contributed by atoms with Crippen LogP contribution in [0.5, 0.6) is 0 Å². The zero-order chi connectivity index (χ0) is 14.3. The van der Waals surface area contributed by atoms with E-state index in [1.165, 1.54) is 10.8 Å². The Balaban J connectivity index is 2.03. The summed E-state index contributed by atoms with van der Waals surface area (Å²) in [6.07, 6.45) is 1.39. The number of hydrogen-bond donors (Lipinski definition) is 2. The van der Waals surface area contributed by atoms with Crippen LogP contribution in [0.1, 0.15) is 5.89 Å². The first kappa shape index (κ1) is 12.7. The lowest BCUT2D eigenvalue weighted by Crippen LogP contribution is -2.30.